The van der Waals surface area contributed by atoms with E-state index in [1.165, 1.54) is 11.6 Å². The molecule has 1 unspecified atom stereocenters. The molecule has 106 valence electrons. The zero-order chi connectivity index (χ0) is 14.7. The predicted octanol–water partition coefficient (Wildman–Crippen LogP) is 3.69. The minimum Gasteiger partial charge on any atom is -0.298 e. The summed E-state index contributed by atoms with van der Waals surface area (Å²) in [6.45, 7) is 2.83. The summed E-state index contributed by atoms with van der Waals surface area (Å²) in [5, 5.41) is 8.89. The molecule has 1 aliphatic rings. The van der Waals surface area contributed by atoms with Crippen molar-refractivity contribution < 1.29 is 4.39 Å². The van der Waals surface area contributed by atoms with Crippen LogP contribution in [0, 0.1) is 17.1 Å². The molecule has 0 radical (unpaired) electrons. The first kappa shape index (κ1) is 13.8. The number of benzene rings is 2. The van der Waals surface area contributed by atoms with E-state index >= 15 is 0 Å². The second-order valence-electron chi connectivity index (χ2n) is 5.56. The van der Waals surface area contributed by atoms with Gasteiger partial charge in [-0.15, -0.1) is 0 Å². The van der Waals surface area contributed by atoms with Crippen LogP contribution in [-0.4, -0.2) is 18.0 Å². The summed E-state index contributed by atoms with van der Waals surface area (Å²) in [5.41, 5.74) is 2.52. The Morgan fingerprint density at radius 3 is 2.76 bits per heavy atom. The molecule has 21 heavy (non-hydrogen) atoms. The maximum absolute atomic E-state index is 13.3. The molecule has 0 aliphatic carbocycles. The number of likely N-dealkylation sites (tertiary alicyclic amines) is 1. The lowest BCUT2D eigenvalue weighted by atomic mass is 9.99. The lowest BCUT2D eigenvalue weighted by molar-refractivity contribution is 0.326. The van der Waals surface area contributed by atoms with Crippen molar-refractivity contribution in [1.29, 1.82) is 5.26 Å². The third kappa shape index (κ3) is 3.12. The predicted molar refractivity (Wildman–Crippen MR) is 80.2 cm³/mol. The highest BCUT2D eigenvalue weighted by atomic mass is 19.1. The summed E-state index contributed by atoms with van der Waals surface area (Å²) < 4.78 is 13.3. The van der Waals surface area contributed by atoms with Crippen LogP contribution in [0.25, 0.3) is 0 Å². The topological polar surface area (TPSA) is 27.0 Å². The van der Waals surface area contributed by atoms with Crippen molar-refractivity contribution in [3.05, 3.63) is 71.0 Å². The van der Waals surface area contributed by atoms with Gasteiger partial charge < -0.3 is 0 Å². The van der Waals surface area contributed by atoms with Gasteiger partial charge in [0.1, 0.15) is 11.9 Å². The van der Waals surface area contributed by atoms with Crippen LogP contribution in [0.4, 0.5) is 4.39 Å². The maximum Gasteiger partial charge on any atom is 0.140 e. The molecule has 0 bridgehead atoms. The van der Waals surface area contributed by atoms with Crippen LogP contribution in [0.2, 0.25) is 0 Å². The normalized spacial score (nSPS) is 18.6. The molecule has 0 saturated carbocycles. The Hall–Kier alpha value is -2.18. The van der Waals surface area contributed by atoms with Crippen molar-refractivity contribution in [2.45, 2.75) is 18.9 Å². The van der Waals surface area contributed by atoms with E-state index in [1.54, 1.807) is 12.1 Å². The van der Waals surface area contributed by atoms with E-state index in [9.17, 15) is 4.39 Å². The highest BCUT2D eigenvalue weighted by Crippen LogP contribution is 2.28. The molecule has 0 aromatic heterocycles. The van der Waals surface area contributed by atoms with Crippen LogP contribution in [0.3, 0.4) is 0 Å². The molecule has 0 amide bonds. The van der Waals surface area contributed by atoms with Gasteiger partial charge in [-0.2, -0.15) is 5.26 Å². The molecule has 1 fully saturated rings. The van der Waals surface area contributed by atoms with Crippen molar-refractivity contribution in [2.24, 2.45) is 0 Å². The van der Waals surface area contributed by atoms with E-state index in [1.807, 2.05) is 12.1 Å². The maximum atomic E-state index is 13.3. The molecule has 2 nitrogen and oxygen atoms in total. The van der Waals surface area contributed by atoms with Crippen molar-refractivity contribution in [2.75, 3.05) is 13.1 Å². The van der Waals surface area contributed by atoms with Gasteiger partial charge in [-0.1, -0.05) is 36.4 Å². The summed E-state index contributed by atoms with van der Waals surface area (Å²) in [5.74, 6) is 0.131. The van der Waals surface area contributed by atoms with Crippen molar-refractivity contribution in [1.82, 2.24) is 4.90 Å². The minimum absolute atomic E-state index is 0.131. The number of nitriles is 1. The van der Waals surface area contributed by atoms with Crippen LogP contribution in [0.1, 0.15) is 29.0 Å². The number of halogens is 1. The fourth-order valence-corrected chi connectivity index (χ4v) is 2.99. The van der Waals surface area contributed by atoms with Crippen LogP contribution in [0.5, 0.6) is 0 Å². The zero-order valence-electron chi connectivity index (χ0n) is 11.8. The average Bonchev–Trinajstić information content (AvgIpc) is 2.98. The standard InChI is InChI=1S/C18H17FN2/c19-18-7-6-14(10-17(18)11-20)12-21-9-8-16(13-21)15-4-2-1-3-5-15/h1-7,10,16H,8-9,12-13H2. The van der Waals surface area contributed by atoms with E-state index in [0.717, 1.165) is 31.6 Å². The lowest BCUT2D eigenvalue weighted by Crippen LogP contribution is -2.19. The van der Waals surface area contributed by atoms with Gasteiger partial charge in [0.15, 0.2) is 0 Å². The molecule has 0 N–H and O–H groups in total. The fraction of sp³-hybridized carbons (Fsp3) is 0.278. The highest BCUT2D eigenvalue weighted by molar-refractivity contribution is 5.34. The van der Waals surface area contributed by atoms with E-state index < -0.39 is 5.82 Å². The second-order valence-corrected chi connectivity index (χ2v) is 5.56. The lowest BCUT2D eigenvalue weighted by Gasteiger charge is -2.16. The average molecular weight is 280 g/mol. The van der Waals surface area contributed by atoms with Crippen molar-refractivity contribution in [3.63, 3.8) is 0 Å². The number of rotatable bonds is 3. The van der Waals surface area contributed by atoms with Gasteiger partial charge in [-0.25, -0.2) is 4.39 Å². The molecule has 0 spiro atoms. The van der Waals surface area contributed by atoms with E-state index in [0.29, 0.717) is 5.92 Å². The van der Waals surface area contributed by atoms with E-state index in [4.69, 9.17) is 5.26 Å². The molecule has 1 atom stereocenters. The monoisotopic (exact) mass is 280 g/mol. The number of hydrogen-bond donors (Lipinski definition) is 0. The highest BCUT2D eigenvalue weighted by Gasteiger charge is 2.23. The SMILES string of the molecule is N#Cc1cc(CN2CCC(c3ccccc3)C2)ccc1F. The molecule has 1 aliphatic heterocycles. The first-order valence-corrected chi connectivity index (χ1v) is 7.22. The summed E-state index contributed by atoms with van der Waals surface area (Å²) in [6, 6.07) is 17.3. The molecule has 2 aromatic rings. The summed E-state index contributed by atoms with van der Waals surface area (Å²) >= 11 is 0. The van der Waals surface area contributed by atoms with Gasteiger partial charge in [-0.3, -0.25) is 4.90 Å². The third-order valence-electron chi connectivity index (χ3n) is 4.10. The molecule has 1 saturated heterocycles. The van der Waals surface area contributed by atoms with E-state index in [2.05, 4.69) is 29.2 Å². The van der Waals surface area contributed by atoms with Gasteiger partial charge in [0.25, 0.3) is 0 Å². The quantitative estimate of drug-likeness (QED) is 0.857. The molecular weight excluding hydrogens is 263 g/mol. The van der Waals surface area contributed by atoms with Crippen LogP contribution in [0.15, 0.2) is 48.5 Å². The van der Waals surface area contributed by atoms with E-state index in [-0.39, 0.29) is 5.56 Å². The molecule has 3 rings (SSSR count). The van der Waals surface area contributed by atoms with Crippen LogP contribution < -0.4 is 0 Å². The van der Waals surface area contributed by atoms with Gasteiger partial charge in [0.2, 0.25) is 0 Å². The van der Waals surface area contributed by atoms with Crippen LogP contribution >= 0.6 is 0 Å². The van der Waals surface area contributed by atoms with Gasteiger partial charge in [0.05, 0.1) is 5.56 Å². The van der Waals surface area contributed by atoms with Crippen LogP contribution in [-0.2, 0) is 6.54 Å². The Balaban J connectivity index is 1.66. The molecular formula is C18H17FN2. The Bertz CT molecular complexity index is 661. The Morgan fingerprint density at radius 2 is 2.00 bits per heavy atom. The number of hydrogen-bond acceptors (Lipinski definition) is 2. The minimum atomic E-state index is -0.440. The number of nitrogens with zero attached hydrogens (tertiary/aromatic N) is 2. The van der Waals surface area contributed by atoms with Gasteiger partial charge >= 0.3 is 0 Å². The largest absolute Gasteiger partial charge is 0.298 e. The summed E-state index contributed by atoms with van der Waals surface area (Å²) in [4.78, 5) is 2.37. The van der Waals surface area contributed by atoms with Crippen molar-refractivity contribution >= 4 is 0 Å². The van der Waals surface area contributed by atoms with Gasteiger partial charge in [0, 0.05) is 13.1 Å². The summed E-state index contributed by atoms with van der Waals surface area (Å²) in [6.07, 6.45) is 1.15. The third-order valence-corrected chi connectivity index (χ3v) is 4.10. The smallest absolute Gasteiger partial charge is 0.140 e. The summed E-state index contributed by atoms with van der Waals surface area (Å²) in [7, 11) is 0. The Labute approximate surface area is 124 Å². The molecule has 3 heteroatoms. The first-order chi connectivity index (χ1) is 10.3. The Morgan fingerprint density at radius 1 is 1.19 bits per heavy atom. The molecule has 2 aromatic carbocycles. The fourth-order valence-electron chi connectivity index (χ4n) is 2.99. The molecule has 1 heterocycles. The second kappa shape index (κ2) is 6.07. The first-order valence-electron chi connectivity index (χ1n) is 7.22. The Kier molecular flexibility index (Phi) is 3.98. The van der Waals surface area contributed by atoms with Crippen molar-refractivity contribution in [3.8, 4) is 6.07 Å². The van der Waals surface area contributed by atoms with Gasteiger partial charge in [-0.05, 0) is 42.1 Å². The zero-order valence-corrected chi connectivity index (χ0v) is 11.8.